The average Bonchev–Trinajstić information content (AvgIpc) is 3.20. The van der Waals surface area contributed by atoms with Crippen LogP contribution in [0.5, 0.6) is 5.75 Å². The zero-order chi connectivity index (χ0) is 28.0. The van der Waals surface area contributed by atoms with E-state index in [0.717, 1.165) is 5.56 Å². The Balaban J connectivity index is 1.44. The van der Waals surface area contributed by atoms with Crippen molar-refractivity contribution < 1.29 is 33.0 Å². The van der Waals surface area contributed by atoms with E-state index in [1.165, 1.54) is 23.8 Å². The van der Waals surface area contributed by atoms with Crippen molar-refractivity contribution in [2.45, 2.75) is 44.9 Å². The van der Waals surface area contributed by atoms with Crippen molar-refractivity contribution in [1.29, 1.82) is 0 Å². The maximum absolute atomic E-state index is 13.8. The van der Waals surface area contributed by atoms with Crippen LogP contribution in [-0.2, 0) is 30.0 Å². The molecule has 0 aliphatic carbocycles. The second-order valence-corrected chi connectivity index (χ2v) is 10.8. The number of nitrogens with zero attached hydrogens (tertiary/aromatic N) is 2. The topological polar surface area (TPSA) is 164 Å². The first-order chi connectivity index (χ1) is 18.6. The number of carbonyl (C=O) groups excluding carboxylic acids is 1. The summed E-state index contributed by atoms with van der Waals surface area (Å²) in [5.74, 6) is -0.906. The van der Waals surface area contributed by atoms with Gasteiger partial charge < -0.3 is 24.8 Å². The van der Waals surface area contributed by atoms with E-state index in [9.17, 15) is 19.3 Å². The van der Waals surface area contributed by atoms with Gasteiger partial charge in [0.05, 0.1) is 12.7 Å². The van der Waals surface area contributed by atoms with E-state index in [-0.39, 0.29) is 24.8 Å². The molecule has 13 heteroatoms. The maximum Gasteiger partial charge on any atom is 0.459 e. The molecule has 208 valence electrons. The zero-order valence-electron chi connectivity index (χ0n) is 21.5. The van der Waals surface area contributed by atoms with Gasteiger partial charge in [-0.25, -0.2) is 9.36 Å². The van der Waals surface area contributed by atoms with Gasteiger partial charge in [0.1, 0.15) is 36.5 Å². The number of hydrogen-bond donors (Lipinski definition) is 3. The van der Waals surface area contributed by atoms with E-state index in [2.05, 4.69) is 10.1 Å². The third kappa shape index (κ3) is 7.31. The summed E-state index contributed by atoms with van der Waals surface area (Å²) in [6.07, 6.45) is -1.47. The molecule has 6 unspecified atom stereocenters. The standard InChI is InChI=1S/C26H31N4O8P/c1-17-23(31)21(37-24(17)30-14-13-22(27)28-26(30)33)16-36-39(34,38-20-11-7-4-8-12-20)29-18(2)25(32)35-15-19-9-5-3-6-10-19/h3-14,17-18,21,23-24,31H,15-16H2,1-2H3,(H,29,34)(H2,27,28,33). The van der Waals surface area contributed by atoms with Crippen LogP contribution in [0.2, 0.25) is 0 Å². The SMILES string of the molecule is CC(NP(=O)(OCC1OC(n2ccc(N)nc2=O)C(C)C1O)Oc1ccccc1)C(=O)OCc1ccccc1. The number of esters is 1. The molecule has 0 bridgehead atoms. The lowest BCUT2D eigenvalue weighted by atomic mass is 10.0. The van der Waals surface area contributed by atoms with Gasteiger partial charge in [0.2, 0.25) is 0 Å². The molecule has 4 rings (SSSR count). The summed E-state index contributed by atoms with van der Waals surface area (Å²) in [4.78, 5) is 28.6. The normalized spacial score (nSPS) is 23.1. The van der Waals surface area contributed by atoms with Crippen molar-refractivity contribution in [3.63, 3.8) is 0 Å². The van der Waals surface area contributed by atoms with Gasteiger partial charge in [-0.3, -0.25) is 13.9 Å². The van der Waals surface area contributed by atoms with Crippen LogP contribution in [0, 0.1) is 5.92 Å². The number of ether oxygens (including phenoxy) is 2. The predicted molar refractivity (Wildman–Crippen MR) is 141 cm³/mol. The van der Waals surface area contributed by atoms with Gasteiger partial charge in [-0.15, -0.1) is 0 Å². The Bertz CT molecular complexity index is 1360. The van der Waals surface area contributed by atoms with Gasteiger partial charge in [0.25, 0.3) is 0 Å². The molecule has 0 amide bonds. The van der Waals surface area contributed by atoms with Crippen molar-refractivity contribution in [3.8, 4) is 5.75 Å². The third-order valence-electron chi connectivity index (χ3n) is 6.12. The fraction of sp³-hybridized carbons (Fsp3) is 0.346. The number of nitrogen functional groups attached to an aromatic ring is 1. The molecule has 0 spiro atoms. The van der Waals surface area contributed by atoms with Crippen LogP contribution in [0.4, 0.5) is 5.82 Å². The highest BCUT2D eigenvalue weighted by molar-refractivity contribution is 7.52. The van der Waals surface area contributed by atoms with E-state index >= 15 is 0 Å². The first-order valence-electron chi connectivity index (χ1n) is 12.3. The predicted octanol–water partition coefficient (Wildman–Crippen LogP) is 2.65. The molecule has 1 aliphatic rings. The Morgan fingerprint density at radius 3 is 2.51 bits per heavy atom. The number of rotatable bonds is 11. The highest BCUT2D eigenvalue weighted by atomic mass is 31.2. The molecular formula is C26H31N4O8P. The van der Waals surface area contributed by atoms with Crippen LogP contribution in [0.3, 0.4) is 0 Å². The lowest BCUT2D eigenvalue weighted by Gasteiger charge is -2.24. The number of aliphatic hydroxyl groups is 1. The molecule has 1 aliphatic heterocycles. The molecule has 39 heavy (non-hydrogen) atoms. The fourth-order valence-electron chi connectivity index (χ4n) is 3.99. The number of benzene rings is 2. The average molecular weight is 559 g/mol. The van der Waals surface area contributed by atoms with E-state index < -0.39 is 49.8 Å². The van der Waals surface area contributed by atoms with E-state index in [0.29, 0.717) is 0 Å². The second-order valence-electron chi connectivity index (χ2n) is 9.10. The number of carbonyl (C=O) groups is 1. The number of hydrogen-bond acceptors (Lipinski definition) is 10. The maximum atomic E-state index is 13.8. The van der Waals surface area contributed by atoms with Crippen LogP contribution in [-0.4, -0.2) is 45.5 Å². The highest BCUT2D eigenvalue weighted by Crippen LogP contribution is 2.46. The van der Waals surface area contributed by atoms with Crippen LogP contribution in [0.25, 0.3) is 0 Å². The van der Waals surface area contributed by atoms with Crippen LogP contribution >= 0.6 is 7.75 Å². The van der Waals surface area contributed by atoms with E-state index in [1.807, 2.05) is 30.3 Å². The van der Waals surface area contributed by atoms with Gasteiger partial charge in [-0.05, 0) is 30.7 Å². The van der Waals surface area contributed by atoms with Crippen molar-refractivity contribution in [2.75, 3.05) is 12.3 Å². The van der Waals surface area contributed by atoms with Gasteiger partial charge in [0.15, 0.2) is 0 Å². The lowest BCUT2D eigenvalue weighted by Crippen LogP contribution is -2.36. The Hall–Kier alpha value is -3.54. The van der Waals surface area contributed by atoms with Gasteiger partial charge >= 0.3 is 19.4 Å². The fourth-order valence-corrected chi connectivity index (χ4v) is 5.49. The summed E-state index contributed by atoms with van der Waals surface area (Å²) >= 11 is 0. The first-order valence-corrected chi connectivity index (χ1v) is 13.9. The molecule has 2 heterocycles. The van der Waals surface area contributed by atoms with Crippen LogP contribution < -0.4 is 21.0 Å². The quantitative estimate of drug-likeness (QED) is 0.234. The minimum absolute atomic E-state index is 0.0388. The van der Waals surface area contributed by atoms with E-state index in [4.69, 9.17) is 24.3 Å². The Labute approximate surface area is 225 Å². The van der Waals surface area contributed by atoms with Crippen molar-refractivity contribution >= 4 is 19.5 Å². The molecule has 1 saturated heterocycles. The minimum atomic E-state index is -4.19. The molecule has 1 aromatic heterocycles. The van der Waals surface area contributed by atoms with Gasteiger partial charge in [0, 0.05) is 12.1 Å². The van der Waals surface area contributed by atoms with Crippen LogP contribution in [0.15, 0.2) is 77.7 Å². The molecule has 0 radical (unpaired) electrons. The molecule has 12 nitrogen and oxygen atoms in total. The number of nitrogens with one attached hydrogen (secondary N) is 1. The first kappa shape index (κ1) is 28.5. The summed E-state index contributed by atoms with van der Waals surface area (Å²) in [7, 11) is -4.19. The molecule has 2 aromatic carbocycles. The second kappa shape index (κ2) is 12.5. The molecule has 3 aromatic rings. The van der Waals surface area contributed by atoms with Crippen molar-refractivity contribution in [1.82, 2.24) is 14.6 Å². The largest absolute Gasteiger partial charge is 0.460 e. The summed E-state index contributed by atoms with van der Waals surface area (Å²) in [6.45, 7) is 2.83. The van der Waals surface area contributed by atoms with Crippen molar-refractivity contribution in [3.05, 3.63) is 89.0 Å². The molecule has 6 atom stereocenters. The molecule has 1 fully saturated rings. The smallest absolute Gasteiger partial charge is 0.459 e. The van der Waals surface area contributed by atoms with Crippen LogP contribution in [0.1, 0.15) is 25.6 Å². The van der Waals surface area contributed by atoms with Crippen molar-refractivity contribution in [2.24, 2.45) is 5.92 Å². The summed E-state index contributed by atoms with van der Waals surface area (Å²) < 4.78 is 37.5. The van der Waals surface area contributed by atoms with Gasteiger partial charge in [-0.1, -0.05) is 55.5 Å². The lowest BCUT2D eigenvalue weighted by molar-refractivity contribution is -0.146. The highest BCUT2D eigenvalue weighted by Gasteiger charge is 2.44. The summed E-state index contributed by atoms with van der Waals surface area (Å²) in [5, 5.41) is 13.4. The Kier molecular flexibility index (Phi) is 9.16. The minimum Gasteiger partial charge on any atom is -0.460 e. The summed E-state index contributed by atoms with van der Waals surface area (Å²) in [6, 6.07) is 17.8. The monoisotopic (exact) mass is 558 g/mol. The number of anilines is 1. The molecule has 4 N–H and O–H groups in total. The third-order valence-corrected chi connectivity index (χ3v) is 7.76. The number of aliphatic hydroxyl groups excluding tert-OH is 1. The molecular weight excluding hydrogens is 527 g/mol. The zero-order valence-corrected chi connectivity index (χ0v) is 22.3. The van der Waals surface area contributed by atoms with E-state index in [1.54, 1.807) is 37.3 Å². The number of para-hydroxylation sites is 1. The Morgan fingerprint density at radius 2 is 1.85 bits per heavy atom. The Morgan fingerprint density at radius 1 is 1.18 bits per heavy atom. The number of nitrogens with two attached hydrogens (primary N) is 1. The van der Waals surface area contributed by atoms with Gasteiger partial charge in [-0.2, -0.15) is 10.1 Å². The molecule has 0 saturated carbocycles. The summed E-state index contributed by atoms with van der Waals surface area (Å²) in [5.41, 5.74) is 5.72. The number of aromatic nitrogens is 2.